The second kappa shape index (κ2) is 9.55. The summed E-state index contributed by atoms with van der Waals surface area (Å²) in [4.78, 5) is 14.5. The van der Waals surface area contributed by atoms with E-state index >= 15 is 0 Å². The second-order valence-corrected chi connectivity index (χ2v) is 6.36. The van der Waals surface area contributed by atoms with E-state index in [-0.39, 0.29) is 5.91 Å². The van der Waals surface area contributed by atoms with Gasteiger partial charge in [0.25, 0.3) is 5.91 Å². The molecule has 27 heavy (non-hydrogen) atoms. The van der Waals surface area contributed by atoms with Gasteiger partial charge in [0.05, 0.1) is 5.56 Å². The Labute approximate surface area is 158 Å². The van der Waals surface area contributed by atoms with Crippen LogP contribution in [0.25, 0.3) is 0 Å². The maximum Gasteiger partial charge on any atom is 0.416 e. The first-order valence-electron chi connectivity index (χ1n) is 9.09. The first-order chi connectivity index (χ1) is 12.8. The van der Waals surface area contributed by atoms with Gasteiger partial charge in [-0.2, -0.15) is 13.2 Å². The molecule has 6 heteroatoms. The molecule has 2 aromatic rings. The Kier molecular flexibility index (Phi) is 7.42. The average molecular weight is 378 g/mol. The van der Waals surface area contributed by atoms with Crippen LogP contribution < -0.4 is 5.32 Å². The quantitative estimate of drug-likeness (QED) is 0.733. The highest BCUT2D eigenvalue weighted by Gasteiger charge is 2.29. The third kappa shape index (κ3) is 6.40. The highest BCUT2D eigenvalue weighted by molar-refractivity contribution is 5.94. The van der Waals surface area contributed by atoms with Gasteiger partial charge >= 0.3 is 6.18 Å². The number of hydrogen-bond donors (Lipinski definition) is 1. The predicted octanol–water partition coefficient (Wildman–Crippen LogP) is 4.52. The van der Waals surface area contributed by atoms with E-state index in [4.69, 9.17) is 0 Å². The first-order valence-corrected chi connectivity index (χ1v) is 9.09. The van der Waals surface area contributed by atoms with E-state index < -0.39 is 11.7 Å². The van der Waals surface area contributed by atoms with Crippen LogP contribution in [0.2, 0.25) is 0 Å². The van der Waals surface area contributed by atoms with Gasteiger partial charge in [-0.3, -0.25) is 9.69 Å². The zero-order valence-corrected chi connectivity index (χ0v) is 15.6. The summed E-state index contributed by atoms with van der Waals surface area (Å²) in [6, 6.07) is 12.5. The maximum absolute atomic E-state index is 12.5. The van der Waals surface area contributed by atoms with Crippen LogP contribution in [0.1, 0.15) is 40.9 Å². The first kappa shape index (κ1) is 21.0. The van der Waals surface area contributed by atoms with Crippen LogP contribution in [0.15, 0.2) is 48.5 Å². The number of nitrogens with one attached hydrogen (secondary N) is 1. The largest absolute Gasteiger partial charge is 0.416 e. The number of benzene rings is 2. The van der Waals surface area contributed by atoms with Crippen LogP contribution in [0, 0.1) is 0 Å². The minimum Gasteiger partial charge on any atom is -0.352 e. The Morgan fingerprint density at radius 1 is 0.926 bits per heavy atom. The summed E-state index contributed by atoms with van der Waals surface area (Å²) < 4.78 is 37.6. The number of carbonyl (C=O) groups excluding carboxylic acids is 1. The van der Waals surface area contributed by atoms with Gasteiger partial charge in [-0.25, -0.2) is 0 Å². The molecule has 0 unspecified atom stereocenters. The molecule has 0 fully saturated rings. The normalized spacial score (nSPS) is 11.6. The third-order valence-electron chi connectivity index (χ3n) is 4.50. The Morgan fingerprint density at radius 3 is 2.00 bits per heavy atom. The molecular formula is C21H25F3N2O. The van der Waals surface area contributed by atoms with E-state index in [1.165, 1.54) is 12.1 Å². The lowest BCUT2D eigenvalue weighted by atomic mass is 10.1. The molecule has 3 nitrogen and oxygen atoms in total. The topological polar surface area (TPSA) is 32.3 Å². The summed E-state index contributed by atoms with van der Waals surface area (Å²) in [6.07, 6.45) is -3.85. The standard InChI is InChI=1S/C21H25F3N2O/c1-3-26(4-2)15-17-5-9-18(10-6-17)20(27)25-14-13-16-7-11-19(12-8-16)21(22,23)24/h5-12H,3-4,13-15H2,1-2H3,(H,25,27). The van der Waals surface area contributed by atoms with Crippen LogP contribution >= 0.6 is 0 Å². The predicted molar refractivity (Wildman–Crippen MR) is 101 cm³/mol. The molecule has 146 valence electrons. The zero-order chi connectivity index (χ0) is 19.9. The van der Waals surface area contributed by atoms with Crippen LogP contribution in [0.4, 0.5) is 13.2 Å². The van der Waals surface area contributed by atoms with Gasteiger partial charge in [0.2, 0.25) is 0 Å². The summed E-state index contributed by atoms with van der Waals surface area (Å²) in [5.74, 6) is -0.184. The van der Waals surface area contributed by atoms with Gasteiger partial charge in [-0.05, 0) is 54.9 Å². The fourth-order valence-electron chi connectivity index (χ4n) is 2.75. The lowest BCUT2D eigenvalue weighted by Crippen LogP contribution is -2.26. The fraction of sp³-hybridized carbons (Fsp3) is 0.381. The van der Waals surface area contributed by atoms with Crippen molar-refractivity contribution < 1.29 is 18.0 Å². The number of amides is 1. The number of alkyl halides is 3. The van der Waals surface area contributed by atoms with E-state index in [0.717, 1.165) is 42.9 Å². The molecule has 0 saturated heterocycles. The molecule has 0 atom stereocenters. The Hall–Kier alpha value is -2.34. The van der Waals surface area contributed by atoms with Gasteiger partial charge < -0.3 is 5.32 Å². The lowest BCUT2D eigenvalue weighted by molar-refractivity contribution is -0.137. The monoisotopic (exact) mass is 378 g/mol. The molecule has 0 aliphatic heterocycles. The fourth-order valence-corrected chi connectivity index (χ4v) is 2.75. The van der Waals surface area contributed by atoms with Gasteiger partial charge in [-0.1, -0.05) is 38.1 Å². The number of carbonyl (C=O) groups is 1. The molecule has 0 heterocycles. The van der Waals surface area contributed by atoms with Gasteiger partial charge in [0, 0.05) is 18.7 Å². The van der Waals surface area contributed by atoms with Gasteiger partial charge in [-0.15, -0.1) is 0 Å². The molecule has 2 rings (SSSR count). The Morgan fingerprint density at radius 2 is 1.48 bits per heavy atom. The van der Waals surface area contributed by atoms with E-state index in [0.29, 0.717) is 18.5 Å². The maximum atomic E-state index is 12.5. The molecule has 0 bridgehead atoms. The molecular weight excluding hydrogens is 353 g/mol. The van der Waals surface area contributed by atoms with Crippen LogP contribution in [-0.2, 0) is 19.1 Å². The van der Waals surface area contributed by atoms with E-state index in [1.807, 2.05) is 12.1 Å². The molecule has 0 aliphatic carbocycles. The van der Waals surface area contributed by atoms with Gasteiger partial charge in [0.1, 0.15) is 0 Å². The smallest absolute Gasteiger partial charge is 0.352 e. The number of hydrogen-bond acceptors (Lipinski definition) is 2. The Balaban J connectivity index is 1.83. The van der Waals surface area contributed by atoms with Crippen molar-refractivity contribution in [2.75, 3.05) is 19.6 Å². The highest BCUT2D eigenvalue weighted by atomic mass is 19.4. The van der Waals surface area contributed by atoms with Crippen LogP contribution in [0.5, 0.6) is 0 Å². The van der Waals surface area contributed by atoms with Crippen molar-refractivity contribution in [1.29, 1.82) is 0 Å². The third-order valence-corrected chi connectivity index (χ3v) is 4.50. The lowest BCUT2D eigenvalue weighted by Gasteiger charge is -2.18. The summed E-state index contributed by atoms with van der Waals surface area (Å²) in [5.41, 5.74) is 1.81. The number of nitrogens with zero attached hydrogens (tertiary/aromatic N) is 1. The van der Waals surface area contributed by atoms with Crippen molar-refractivity contribution in [3.8, 4) is 0 Å². The number of rotatable bonds is 8. The molecule has 0 aliphatic rings. The second-order valence-electron chi connectivity index (χ2n) is 6.36. The molecule has 1 N–H and O–H groups in total. The average Bonchev–Trinajstić information content (AvgIpc) is 2.66. The van der Waals surface area contributed by atoms with Crippen molar-refractivity contribution in [3.05, 3.63) is 70.8 Å². The van der Waals surface area contributed by atoms with E-state index in [2.05, 4.69) is 24.1 Å². The summed E-state index contributed by atoms with van der Waals surface area (Å²) in [7, 11) is 0. The van der Waals surface area contributed by atoms with Crippen molar-refractivity contribution >= 4 is 5.91 Å². The van der Waals surface area contributed by atoms with E-state index in [1.54, 1.807) is 12.1 Å². The molecule has 1 amide bonds. The van der Waals surface area contributed by atoms with Crippen molar-refractivity contribution in [3.63, 3.8) is 0 Å². The van der Waals surface area contributed by atoms with Crippen LogP contribution in [-0.4, -0.2) is 30.4 Å². The molecule has 0 saturated carbocycles. The summed E-state index contributed by atoms with van der Waals surface area (Å²) in [5, 5.41) is 2.80. The molecule has 0 aromatic heterocycles. The molecule has 0 spiro atoms. The summed E-state index contributed by atoms with van der Waals surface area (Å²) in [6.45, 7) is 7.39. The zero-order valence-electron chi connectivity index (χ0n) is 15.6. The van der Waals surface area contributed by atoms with Crippen LogP contribution in [0.3, 0.4) is 0 Å². The highest BCUT2D eigenvalue weighted by Crippen LogP contribution is 2.29. The summed E-state index contributed by atoms with van der Waals surface area (Å²) >= 11 is 0. The van der Waals surface area contributed by atoms with E-state index in [9.17, 15) is 18.0 Å². The van der Waals surface area contributed by atoms with Crippen molar-refractivity contribution in [2.24, 2.45) is 0 Å². The van der Waals surface area contributed by atoms with Gasteiger partial charge in [0.15, 0.2) is 0 Å². The van der Waals surface area contributed by atoms with Crippen molar-refractivity contribution in [1.82, 2.24) is 10.2 Å². The molecule has 0 radical (unpaired) electrons. The Bertz CT molecular complexity index is 721. The number of halogens is 3. The van der Waals surface area contributed by atoms with Crippen molar-refractivity contribution in [2.45, 2.75) is 33.0 Å². The molecule has 2 aromatic carbocycles. The SMILES string of the molecule is CCN(CC)Cc1ccc(C(=O)NCCc2ccc(C(F)(F)F)cc2)cc1. The minimum absolute atomic E-state index is 0.184. The minimum atomic E-state index is -4.33.